The van der Waals surface area contributed by atoms with Crippen LogP contribution in [0.3, 0.4) is 0 Å². The predicted molar refractivity (Wildman–Crippen MR) is 283 cm³/mol. The van der Waals surface area contributed by atoms with Crippen LogP contribution in [0.1, 0.15) is 0 Å². The average Bonchev–Trinajstić information content (AvgIpc) is 3.75. The Balaban J connectivity index is 0.863. The van der Waals surface area contributed by atoms with Crippen molar-refractivity contribution in [2.75, 3.05) is 0 Å². The highest BCUT2D eigenvalue weighted by Crippen LogP contribution is 2.58. The Hall–Kier alpha value is -9.05. The lowest BCUT2D eigenvalue weighted by molar-refractivity contribution is 1.18. The van der Waals surface area contributed by atoms with E-state index in [0.29, 0.717) is 5.82 Å². The van der Waals surface area contributed by atoms with E-state index in [1.807, 2.05) is 42.7 Å². The summed E-state index contributed by atoms with van der Waals surface area (Å²) < 4.78 is 0. The summed E-state index contributed by atoms with van der Waals surface area (Å²) in [7, 11) is 0. The van der Waals surface area contributed by atoms with Gasteiger partial charge in [-0.1, -0.05) is 218 Å². The molecule has 2 aromatic heterocycles. The lowest BCUT2D eigenvalue weighted by Gasteiger charge is -2.20. The predicted octanol–water partition coefficient (Wildman–Crippen LogP) is 17.2. The van der Waals surface area contributed by atoms with Gasteiger partial charge in [-0.15, -0.1) is 0 Å². The molecule has 0 radical (unpaired) electrons. The topological polar surface area (TPSA) is 38.7 Å². The van der Waals surface area contributed by atoms with Gasteiger partial charge >= 0.3 is 0 Å². The summed E-state index contributed by atoms with van der Waals surface area (Å²) in [6.45, 7) is 0. The van der Waals surface area contributed by atoms with Gasteiger partial charge in [-0.2, -0.15) is 0 Å². The van der Waals surface area contributed by atoms with Crippen LogP contribution in [0.5, 0.6) is 0 Å². The molecule has 0 N–H and O–H groups in total. The minimum atomic E-state index is 0.699. The quantitative estimate of drug-likeness (QED) is 0.153. The Kier molecular flexibility index (Phi) is 9.50. The fourth-order valence-electron chi connectivity index (χ4n) is 10.4. The van der Waals surface area contributed by atoms with Crippen LogP contribution in [0, 0.1) is 0 Å². The summed E-state index contributed by atoms with van der Waals surface area (Å²) in [6.07, 6.45) is 3.65. The Morgan fingerprint density at radius 2 is 0.632 bits per heavy atom. The first-order chi connectivity index (χ1) is 33.7. The molecule has 3 nitrogen and oxygen atoms in total. The summed E-state index contributed by atoms with van der Waals surface area (Å²) in [5.74, 6) is 0.699. The zero-order chi connectivity index (χ0) is 45.0. The maximum Gasteiger partial charge on any atom is 0.160 e. The van der Waals surface area contributed by atoms with Crippen molar-refractivity contribution in [1.82, 2.24) is 15.0 Å². The zero-order valence-electron chi connectivity index (χ0n) is 37.0. The molecule has 12 aromatic rings. The first kappa shape index (κ1) is 39.3. The molecule has 0 atom stereocenters. The van der Waals surface area contributed by atoms with Gasteiger partial charge in [0.05, 0.1) is 11.4 Å². The zero-order valence-corrected chi connectivity index (χ0v) is 37.0. The third-order valence-electron chi connectivity index (χ3n) is 13.6. The fourth-order valence-corrected chi connectivity index (χ4v) is 10.4. The monoisotopic (exact) mass is 863 g/mol. The van der Waals surface area contributed by atoms with Crippen molar-refractivity contribution in [3.8, 4) is 112 Å². The van der Waals surface area contributed by atoms with E-state index in [0.717, 1.165) is 50.3 Å². The molecule has 1 aliphatic rings. The third kappa shape index (κ3) is 6.71. The van der Waals surface area contributed by atoms with Crippen LogP contribution in [-0.4, -0.2) is 15.0 Å². The molecule has 1 aliphatic carbocycles. The van der Waals surface area contributed by atoms with E-state index in [9.17, 15) is 0 Å². The minimum Gasteiger partial charge on any atom is -0.265 e. The molecule has 10 aromatic carbocycles. The Morgan fingerprint density at radius 3 is 1.15 bits per heavy atom. The maximum atomic E-state index is 5.10. The summed E-state index contributed by atoms with van der Waals surface area (Å²) in [4.78, 5) is 14.3. The number of fused-ring (bicyclic) bond motifs is 4. The largest absolute Gasteiger partial charge is 0.265 e. The van der Waals surface area contributed by atoms with Crippen molar-refractivity contribution >= 4 is 21.5 Å². The van der Waals surface area contributed by atoms with E-state index >= 15 is 0 Å². The number of pyridine rings is 1. The Bertz CT molecular complexity index is 3740. The first-order valence-electron chi connectivity index (χ1n) is 23.2. The van der Waals surface area contributed by atoms with Gasteiger partial charge in [-0.05, 0) is 118 Å². The second kappa shape index (κ2) is 16.4. The van der Waals surface area contributed by atoms with Crippen LogP contribution < -0.4 is 0 Å². The van der Waals surface area contributed by atoms with Gasteiger partial charge in [-0.3, -0.25) is 4.98 Å². The number of hydrogen-bond donors (Lipinski definition) is 0. The van der Waals surface area contributed by atoms with E-state index in [2.05, 4.69) is 211 Å². The Morgan fingerprint density at radius 1 is 0.235 bits per heavy atom. The molecule has 316 valence electrons. The fraction of sp³-hybridized carbons (Fsp3) is 0. The number of rotatable bonds is 8. The standard InChI is InChI=1S/C65H41N3/c1-4-13-49(14-5-1)60-54-19-10-11-20-55(54)61(50-15-6-2-7-16-50)64-57-36-35-52(53-21-12-22-56(62(53)57)63(60)64)46-29-23-42(24-30-46)43-25-31-47(32-26-43)58-41-59(68-65(67-58)51-17-8-3-9-18-51)48-33-27-44(28-34-48)45-37-39-66-40-38-45/h1-41H. The summed E-state index contributed by atoms with van der Waals surface area (Å²) in [5.41, 5.74) is 22.1. The molecule has 68 heavy (non-hydrogen) atoms. The molecule has 0 aliphatic heterocycles. The van der Waals surface area contributed by atoms with Gasteiger partial charge in [0.2, 0.25) is 0 Å². The van der Waals surface area contributed by atoms with Gasteiger partial charge < -0.3 is 0 Å². The molecule has 13 rings (SSSR count). The Labute approximate surface area is 395 Å². The summed E-state index contributed by atoms with van der Waals surface area (Å²) in [6, 6.07) is 85.1. The van der Waals surface area contributed by atoms with Gasteiger partial charge in [0.1, 0.15) is 0 Å². The molecular weight excluding hydrogens is 823 g/mol. The van der Waals surface area contributed by atoms with Crippen molar-refractivity contribution in [1.29, 1.82) is 0 Å². The van der Waals surface area contributed by atoms with E-state index in [1.54, 1.807) is 0 Å². The highest BCUT2D eigenvalue weighted by Gasteiger charge is 2.31. The molecule has 0 saturated carbocycles. The SMILES string of the molecule is c1ccc(-c2nc(-c3ccc(-c4ccncc4)cc3)cc(-c3ccc(-c4ccc(-c5ccc6c7c(cccc57)-c5c-6c(-c6ccccc6)c6ccccc6c5-c5ccccc5)cc4)cc3)n2)cc1. The number of benzene rings is 10. The van der Waals surface area contributed by atoms with Crippen LogP contribution in [-0.2, 0) is 0 Å². The van der Waals surface area contributed by atoms with Crippen LogP contribution in [0.25, 0.3) is 133 Å². The molecule has 0 fully saturated rings. The minimum absolute atomic E-state index is 0.699. The molecule has 0 bridgehead atoms. The van der Waals surface area contributed by atoms with Crippen molar-refractivity contribution in [3.05, 3.63) is 249 Å². The van der Waals surface area contributed by atoms with E-state index in [-0.39, 0.29) is 0 Å². The van der Waals surface area contributed by atoms with Gasteiger partial charge in [0.25, 0.3) is 0 Å². The second-order valence-corrected chi connectivity index (χ2v) is 17.5. The number of aromatic nitrogens is 3. The first-order valence-corrected chi connectivity index (χ1v) is 23.2. The molecule has 0 spiro atoms. The van der Waals surface area contributed by atoms with E-state index < -0.39 is 0 Å². The van der Waals surface area contributed by atoms with Crippen molar-refractivity contribution in [2.45, 2.75) is 0 Å². The average molecular weight is 864 g/mol. The summed E-state index contributed by atoms with van der Waals surface area (Å²) >= 11 is 0. The highest BCUT2D eigenvalue weighted by atomic mass is 14.9. The molecule has 3 heteroatoms. The third-order valence-corrected chi connectivity index (χ3v) is 13.6. The van der Waals surface area contributed by atoms with E-state index in [1.165, 1.54) is 77.2 Å². The summed E-state index contributed by atoms with van der Waals surface area (Å²) in [5, 5.41) is 5.12. The molecule has 0 amide bonds. The van der Waals surface area contributed by atoms with Crippen molar-refractivity contribution < 1.29 is 0 Å². The molecule has 0 unspecified atom stereocenters. The van der Waals surface area contributed by atoms with Crippen LogP contribution >= 0.6 is 0 Å². The highest BCUT2D eigenvalue weighted by molar-refractivity contribution is 6.28. The molecule has 2 heterocycles. The lowest BCUT2D eigenvalue weighted by atomic mass is 9.82. The molecule has 0 saturated heterocycles. The second-order valence-electron chi connectivity index (χ2n) is 17.5. The van der Waals surface area contributed by atoms with Gasteiger partial charge in [0, 0.05) is 29.1 Å². The normalized spacial score (nSPS) is 11.5. The van der Waals surface area contributed by atoms with Gasteiger partial charge in [-0.25, -0.2) is 9.97 Å². The smallest absolute Gasteiger partial charge is 0.160 e. The van der Waals surface area contributed by atoms with Crippen LogP contribution in [0.15, 0.2) is 249 Å². The number of hydrogen-bond acceptors (Lipinski definition) is 3. The van der Waals surface area contributed by atoms with Crippen molar-refractivity contribution in [3.63, 3.8) is 0 Å². The van der Waals surface area contributed by atoms with E-state index in [4.69, 9.17) is 9.97 Å². The van der Waals surface area contributed by atoms with Crippen molar-refractivity contribution in [2.24, 2.45) is 0 Å². The van der Waals surface area contributed by atoms with Crippen LogP contribution in [0.4, 0.5) is 0 Å². The van der Waals surface area contributed by atoms with Gasteiger partial charge in [0.15, 0.2) is 5.82 Å². The van der Waals surface area contributed by atoms with Crippen LogP contribution in [0.2, 0.25) is 0 Å². The number of nitrogens with zero attached hydrogens (tertiary/aromatic N) is 3. The lowest BCUT2D eigenvalue weighted by Crippen LogP contribution is -1.96. The molecular formula is C65H41N3. The maximum absolute atomic E-state index is 5.10.